The van der Waals surface area contributed by atoms with E-state index in [0.717, 1.165) is 11.3 Å². The summed E-state index contributed by atoms with van der Waals surface area (Å²) < 4.78 is 21.3. The van der Waals surface area contributed by atoms with Crippen molar-refractivity contribution in [3.05, 3.63) is 59.9 Å². The average Bonchev–Trinajstić information content (AvgIpc) is 3.15. The van der Waals surface area contributed by atoms with Gasteiger partial charge < -0.3 is 18.7 Å². The van der Waals surface area contributed by atoms with E-state index in [-0.39, 0.29) is 18.5 Å². The number of methoxy groups -OCH3 is 1. The van der Waals surface area contributed by atoms with Crippen LogP contribution in [0.5, 0.6) is 11.5 Å². The van der Waals surface area contributed by atoms with Gasteiger partial charge in [-0.3, -0.25) is 0 Å². The Morgan fingerprint density at radius 3 is 2.56 bits per heavy atom. The van der Waals surface area contributed by atoms with E-state index in [0.29, 0.717) is 17.2 Å². The number of carbonyl (C=O) groups is 1. The normalized spacial score (nSPS) is 10.7. The van der Waals surface area contributed by atoms with Crippen LogP contribution in [0.25, 0.3) is 11.5 Å². The van der Waals surface area contributed by atoms with Gasteiger partial charge >= 0.3 is 5.97 Å². The number of rotatable bonds is 7. The second-order valence-electron chi connectivity index (χ2n) is 5.98. The summed E-state index contributed by atoms with van der Waals surface area (Å²) in [5, 5.41) is 3.85. The predicted molar refractivity (Wildman–Crippen MR) is 97.6 cm³/mol. The lowest BCUT2D eigenvalue weighted by molar-refractivity contribution is 0.0453. The Hall–Kier alpha value is -3.35. The fourth-order valence-corrected chi connectivity index (χ4v) is 2.36. The highest BCUT2D eigenvalue weighted by Gasteiger charge is 2.16. The summed E-state index contributed by atoms with van der Waals surface area (Å²) in [6.45, 7) is 3.68. The number of esters is 1. The monoisotopic (exact) mass is 368 g/mol. The number of aromatic nitrogens is 2. The zero-order chi connectivity index (χ0) is 19.2. The van der Waals surface area contributed by atoms with E-state index in [1.165, 1.54) is 0 Å². The van der Waals surface area contributed by atoms with Gasteiger partial charge in [0, 0.05) is 5.56 Å². The first kappa shape index (κ1) is 18.4. The zero-order valence-electron chi connectivity index (χ0n) is 15.3. The van der Waals surface area contributed by atoms with Crippen LogP contribution in [0.15, 0.2) is 53.1 Å². The largest absolute Gasteiger partial charge is 0.497 e. The molecule has 140 valence electrons. The molecule has 0 radical (unpaired) electrons. The second kappa shape index (κ2) is 8.35. The highest BCUT2D eigenvalue weighted by atomic mass is 16.5. The van der Waals surface area contributed by atoms with Gasteiger partial charge in [-0.1, -0.05) is 17.3 Å². The molecule has 0 aliphatic carbocycles. The number of ether oxygens (including phenoxy) is 3. The number of para-hydroxylation sites is 1. The number of carbonyl (C=O) groups excluding carboxylic acids is 1. The van der Waals surface area contributed by atoms with Gasteiger partial charge in [0.1, 0.15) is 17.1 Å². The van der Waals surface area contributed by atoms with Crippen LogP contribution in [0.1, 0.15) is 30.0 Å². The van der Waals surface area contributed by atoms with Gasteiger partial charge in [-0.15, -0.1) is 0 Å². The average molecular weight is 368 g/mol. The number of hydrogen-bond acceptors (Lipinski definition) is 7. The molecule has 0 aliphatic rings. The maximum absolute atomic E-state index is 12.4. The molecule has 0 bridgehead atoms. The first-order valence-corrected chi connectivity index (χ1v) is 8.46. The molecule has 0 unspecified atom stereocenters. The minimum Gasteiger partial charge on any atom is -0.497 e. The van der Waals surface area contributed by atoms with Crippen molar-refractivity contribution in [1.29, 1.82) is 0 Å². The van der Waals surface area contributed by atoms with E-state index in [9.17, 15) is 4.79 Å². The van der Waals surface area contributed by atoms with Crippen LogP contribution in [-0.4, -0.2) is 29.3 Å². The predicted octanol–water partition coefficient (Wildman–Crippen LogP) is 3.89. The molecule has 3 rings (SSSR count). The van der Waals surface area contributed by atoms with Crippen molar-refractivity contribution in [3.8, 4) is 23.0 Å². The van der Waals surface area contributed by atoms with Gasteiger partial charge in [0.05, 0.1) is 13.2 Å². The van der Waals surface area contributed by atoms with Gasteiger partial charge in [-0.05, 0) is 50.2 Å². The highest BCUT2D eigenvalue weighted by Crippen LogP contribution is 2.22. The SMILES string of the molecule is COc1ccc(-c2nc(COC(=O)c3ccccc3OC(C)C)no2)cc1. The van der Waals surface area contributed by atoms with Crippen molar-refractivity contribution < 1.29 is 23.5 Å². The molecule has 2 aromatic carbocycles. The Balaban J connectivity index is 1.65. The fourth-order valence-electron chi connectivity index (χ4n) is 2.36. The topological polar surface area (TPSA) is 83.7 Å². The first-order chi connectivity index (χ1) is 13.1. The van der Waals surface area contributed by atoms with Crippen molar-refractivity contribution >= 4 is 5.97 Å². The molecule has 0 saturated carbocycles. The molecule has 1 heterocycles. The van der Waals surface area contributed by atoms with Crippen LogP contribution in [0.4, 0.5) is 0 Å². The molecule has 0 fully saturated rings. The van der Waals surface area contributed by atoms with E-state index < -0.39 is 5.97 Å². The standard InChI is InChI=1S/C20H20N2O5/c1-13(2)26-17-7-5-4-6-16(17)20(23)25-12-18-21-19(27-22-18)14-8-10-15(24-3)11-9-14/h4-11,13H,12H2,1-3H3. The molecular weight excluding hydrogens is 348 g/mol. The van der Waals surface area contributed by atoms with Crippen molar-refractivity contribution in [1.82, 2.24) is 10.1 Å². The van der Waals surface area contributed by atoms with E-state index in [1.807, 2.05) is 26.0 Å². The minimum absolute atomic E-state index is 0.0526. The Morgan fingerprint density at radius 2 is 1.85 bits per heavy atom. The molecule has 0 saturated heterocycles. The van der Waals surface area contributed by atoms with Crippen LogP contribution in [-0.2, 0) is 11.3 Å². The molecule has 1 aromatic heterocycles. The van der Waals surface area contributed by atoms with Gasteiger partial charge in [-0.2, -0.15) is 4.98 Å². The second-order valence-corrected chi connectivity index (χ2v) is 5.98. The molecular formula is C20H20N2O5. The van der Waals surface area contributed by atoms with E-state index in [4.69, 9.17) is 18.7 Å². The zero-order valence-corrected chi connectivity index (χ0v) is 15.3. The summed E-state index contributed by atoms with van der Waals surface area (Å²) in [4.78, 5) is 16.6. The van der Waals surface area contributed by atoms with Crippen molar-refractivity contribution in [2.24, 2.45) is 0 Å². The van der Waals surface area contributed by atoms with Crippen LogP contribution < -0.4 is 9.47 Å². The summed E-state index contributed by atoms with van der Waals surface area (Å²) in [5.74, 6) is 1.31. The van der Waals surface area contributed by atoms with Crippen molar-refractivity contribution in [3.63, 3.8) is 0 Å². The van der Waals surface area contributed by atoms with Crippen LogP contribution >= 0.6 is 0 Å². The van der Waals surface area contributed by atoms with Gasteiger partial charge in [0.15, 0.2) is 6.61 Å². The number of hydrogen-bond donors (Lipinski definition) is 0. The summed E-state index contributed by atoms with van der Waals surface area (Å²) in [7, 11) is 1.60. The van der Waals surface area contributed by atoms with E-state index in [1.54, 1.807) is 43.5 Å². The van der Waals surface area contributed by atoms with Gasteiger partial charge in [0.25, 0.3) is 5.89 Å². The Labute approximate surface area is 156 Å². The lowest BCUT2D eigenvalue weighted by Crippen LogP contribution is -2.12. The van der Waals surface area contributed by atoms with Gasteiger partial charge in [0.2, 0.25) is 5.82 Å². The van der Waals surface area contributed by atoms with Gasteiger partial charge in [-0.25, -0.2) is 4.79 Å². The third kappa shape index (κ3) is 4.63. The maximum atomic E-state index is 12.4. The molecule has 0 N–H and O–H groups in total. The van der Waals surface area contributed by atoms with E-state index >= 15 is 0 Å². The molecule has 0 spiro atoms. The molecule has 0 aliphatic heterocycles. The molecule has 0 amide bonds. The molecule has 3 aromatic rings. The Morgan fingerprint density at radius 1 is 1.11 bits per heavy atom. The summed E-state index contributed by atoms with van der Waals surface area (Å²) in [6, 6.07) is 14.1. The minimum atomic E-state index is -0.512. The smallest absolute Gasteiger partial charge is 0.342 e. The van der Waals surface area contributed by atoms with E-state index in [2.05, 4.69) is 10.1 Å². The summed E-state index contributed by atoms with van der Waals surface area (Å²) >= 11 is 0. The summed E-state index contributed by atoms with van der Waals surface area (Å²) in [5.41, 5.74) is 1.10. The molecule has 7 heteroatoms. The quantitative estimate of drug-likeness (QED) is 0.585. The third-order valence-corrected chi connectivity index (χ3v) is 3.61. The van der Waals surface area contributed by atoms with Crippen molar-refractivity contribution in [2.45, 2.75) is 26.6 Å². The lowest BCUT2D eigenvalue weighted by Gasteiger charge is -2.13. The molecule has 27 heavy (non-hydrogen) atoms. The molecule has 0 atom stereocenters. The van der Waals surface area contributed by atoms with Crippen LogP contribution in [0.2, 0.25) is 0 Å². The summed E-state index contributed by atoms with van der Waals surface area (Å²) in [6.07, 6.45) is -0.0526. The maximum Gasteiger partial charge on any atom is 0.342 e. The van der Waals surface area contributed by atoms with Crippen LogP contribution in [0.3, 0.4) is 0 Å². The fraction of sp³-hybridized carbons (Fsp3) is 0.250. The molecule has 7 nitrogen and oxygen atoms in total. The first-order valence-electron chi connectivity index (χ1n) is 8.46. The highest BCUT2D eigenvalue weighted by molar-refractivity contribution is 5.92. The number of benzene rings is 2. The Kier molecular flexibility index (Phi) is 5.71. The third-order valence-electron chi connectivity index (χ3n) is 3.61. The Bertz CT molecular complexity index is 903. The number of nitrogens with zero attached hydrogens (tertiary/aromatic N) is 2. The lowest BCUT2D eigenvalue weighted by atomic mass is 10.2. The van der Waals surface area contributed by atoms with Crippen molar-refractivity contribution in [2.75, 3.05) is 7.11 Å². The van der Waals surface area contributed by atoms with Crippen LogP contribution in [0, 0.1) is 0 Å².